The van der Waals surface area contributed by atoms with Crippen LogP contribution >= 0.6 is 0 Å². The molecule has 0 spiro atoms. The summed E-state index contributed by atoms with van der Waals surface area (Å²) < 4.78 is 5.43. The van der Waals surface area contributed by atoms with Crippen molar-refractivity contribution in [3.8, 4) is 0 Å². The Balaban J connectivity index is 1.57. The molecule has 5 rings (SSSR count). The maximum atomic E-state index is 12.5. The van der Waals surface area contributed by atoms with Crippen molar-refractivity contribution in [3.05, 3.63) is 74.9 Å². The molecule has 0 saturated carbocycles. The summed E-state index contributed by atoms with van der Waals surface area (Å²) in [7, 11) is 1.97. The van der Waals surface area contributed by atoms with Crippen molar-refractivity contribution >= 4 is 24.1 Å². The molecule has 1 fully saturated rings. The first-order chi connectivity index (χ1) is 18.4. The smallest absolute Gasteiger partial charge is 0.410 e. The molecule has 2 unspecified atom stereocenters. The van der Waals surface area contributed by atoms with Gasteiger partial charge in [0.15, 0.2) is 0 Å². The van der Waals surface area contributed by atoms with E-state index in [1.807, 2.05) is 38.1 Å². The highest BCUT2D eigenvalue weighted by Crippen LogP contribution is 2.42. The zero-order chi connectivity index (χ0) is 26.8. The van der Waals surface area contributed by atoms with Crippen LogP contribution in [0.15, 0.2) is 46.6 Å². The van der Waals surface area contributed by atoms with E-state index in [1.165, 1.54) is 0 Å². The standard InChI is InChI=1S/C28H34N8O2/c1-18(2)38-28(37)36-12-10-35(11-13-36)27-21-8-7-19(3)14-22(21)23(15-20-6-5-9-31-25(20)27)26(32-33-29)24-16-30-17-34(24)4/h5-9,14-15,17-18,24,26-27H,10-13,16H2,1-4H3/t24?,26?,27-/m0/s1. The van der Waals surface area contributed by atoms with Crippen molar-refractivity contribution in [3.63, 3.8) is 0 Å². The predicted octanol–water partition coefficient (Wildman–Crippen LogP) is 4.52. The van der Waals surface area contributed by atoms with E-state index in [0.717, 1.165) is 33.5 Å². The molecule has 198 valence electrons. The zero-order valence-electron chi connectivity index (χ0n) is 22.4. The van der Waals surface area contributed by atoms with Crippen LogP contribution in [-0.4, -0.2) is 90.1 Å². The summed E-state index contributed by atoms with van der Waals surface area (Å²) >= 11 is 0. The van der Waals surface area contributed by atoms with Crippen LogP contribution in [0.5, 0.6) is 0 Å². The van der Waals surface area contributed by atoms with Crippen LogP contribution in [-0.2, 0) is 4.74 Å². The van der Waals surface area contributed by atoms with Gasteiger partial charge in [-0.25, -0.2) is 4.79 Å². The van der Waals surface area contributed by atoms with Crippen molar-refractivity contribution in [2.24, 2.45) is 10.1 Å². The number of rotatable bonds is 5. The Morgan fingerprint density at radius 3 is 2.68 bits per heavy atom. The van der Waals surface area contributed by atoms with E-state index in [0.29, 0.717) is 32.7 Å². The number of fused-ring (bicyclic) bond motifs is 2. The second kappa shape index (κ2) is 10.8. The lowest BCUT2D eigenvalue weighted by atomic mass is 9.87. The largest absolute Gasteiger partial charge is 0.447 e. The summed E-state index contributed by atoms with van der Waals surface area (Å²) in [6, 6.07) is 9.90. The first-order valence-electron chi connectivity index (χ1n) is 13.1. The van der Waals surface area contributed by atoms with Crippen LogP contribution in [0.25, 0.3) is 22.1 Å². The van der Waals surface area contributed by atoms with Gasteiger partial charge in [0.25, 0.3) is 0 Å². The van der Waals surface area contributed by atoms with Crippen molar-refractivity contribution in [1.82, 2.24) is 19.7 Å². The third-order valence-corrected chi connectivity index (χ3v) is 7.47. The Labute approximate surface area is 223 Å². The minimum Gasteiger partial charge on any atom is -0.447 e. The number of hydrogen-bond acceptors (Lipinski definition) is 7. The van der Waals surface area contributed by atoms with Gasteiger partial charge in [0.1, 0.15) is 0 Å². The van der Waals surface area contributed by atoms with Crippen LogP contribution in [0.1, 0.15) is 47.8 Å². The molecule has 3 aliphatic rings. The minimum absolute atomic E-state index is 0.0716. The summed E-state index contributed by atoms with van der Waals surface area (Å²) in [6.07, 6.45) is 5.37. The number of amides is 1. The van der Waals surface area contributed by atoms with Gasteiger partial charge in [0, 0.05) is 44.3 Å². The lowest BCUT2D eigenvalue weighted by Crippen LogP contribution is -2.50. The van der Waals surface area contributed by atoms with Crippen molar-refractivity contribution in [2.75, 3.05) is 39.8 Å². The summed E-state index contributed by atoms with van der Waals surface area (Å²) in [4.78, 5) is 31.3. The maximum Gasteiger partial charge on any atom is 0.410 e. The fraction of sp³-hybridized carbons (Fsp3) is 0.464. The van der Waals surface area contributed by atoms with Crippen LogP contribution in [0.4, 0.5) is 4.79 Å². The van der Waals surface area contributed by atoms with E-state index < -0.39 is 6.04 Å². The molecule has 0 bridgehead atoms. The fourth-order valence-corrected chi connectivity index (χ4v) is 5.61. The normalized spacial score (nSPS) is 21.8. The molecular weight excluding hydrogens is 480 g/mol. The zero-order valence-corrected chi connectivity index (χ0v) is 22.4. The highest BCUT2D eigenvalue weighted by molar-refractivity contribution is 5.89. The number of carbonyl (C=O) groups excluding carboxylic acids is 1. The number of pyridine rings is 1. The molecule has 10 heteroatoms. The molecule has 2 aromatic rings. The number of ether oxygens (including phenoxy) is 1. The Morgan fingerprint density at radius 1 is 1.21 bits per heavy atom. The monoisotopic (exact) mass is 514 g/mol. The third-order valence-electron chi connectivity index (χ3n) is 7.47. The third kappa shape index (κ3) is 4.97. The molecule has 1 aromatic heterocycles. The molecule has 0 radical (unpaired) electrons. The molecule has 1 aliphatic carbocycles. The van der Waals surface area contributed by atoms with Crippen molar-refractivity contribution < 1.29 is 9.53 Å². The molecule has 1 saturated heterocycles. The Hall–Kier alpha value is -3.88. The van der Waals surface area contributed by atoms with E-state index in [4.69, 9.17) is 9.72 Å². The number of likely N-dealkylation sites (N-methyl/N-ethyl adjacent to an activating group) is 1. The lowest BCUT2D eigenvalue weighted by molar-refractivity contribution is 0.0513. The number of azide groups is 1. The van der Waals surface area contributed by atoms with Gasteiger partial charge in [-0.05, 0) is 60.7 Å². The SMILES string of the molecule is Cc1ccc2c(c1)C(C(N=[N+]=[N-])C1CN=CN1C)=Cc1cccnc1[C@H]2N1CCN(C(=O)OC(C)C)CC1. The van der Waals surface area contributed by atoms with E-state index in [9.17, 15) is 10.3 Å². The van der Waals surface area contributed by atoms with Gasteiger partial charge in [-0.3, -0.25) is 14.9 Å². The van der Waals surface area contributed by atoms with Gasteiger partial charge in [-0.2, -0.15) is 0 Å². The fourth-order valence-electron chi connectivity index (χ4n) is 5.61. The van der Waals surface area contributed by atoms with Gasteiger partial charge in [0.05, 0.1) is 42.8 Å². The molecule has 3 atom stereocenters. The number of carbonyl (C=O) groups is 1. The highest BCUT2D eigenvalue weighted by Gasteiger charge is 2.37. The highest BCUT2D eigenvalue weighted by atomic mass is 16.6. The van der Waals surface area contributed by atoms with Crippen LogP contribution in [0.3, 0.4) is 0 Å². The molecule has 38 heavy (non-hydrogen) atoms. The molecule has 3 heterocycles. The molecule has 2 aliphatic heterocycles. The summed E-state index contributed by atoms with van der Waals surface area (Å²) in [5.74, 6) is 0. The number of hydrogen-bond donors (Lipinski definition) is 0. The van der Waals surface area contributed by atoms with Crippen LogP contribution < -0.4 is 0 Å². The average Bonchev–Trinajstić information content (AvgIpc) is 3.27. The van der Waals surface area contributed by atoms with Crippen LogP contribution in [0.2, 0.25) is 0 Å². The summed E-state index contributed by atoms with van der Waals surface area (Å²) in [5, 5.41) is 4.31. The van der Waals surface area contributed by atoms with Gasteiger partial charge >= 0.3 is 6.09 Å². The summed E-state index contributed by atoms with van der Waals surface area (Å²) in [6.45, 7) is 8.92. The number of piperazine rings is 1. The predicted molar refractivity (Wildman–Crippen MR) is 148 cm³/mol. The average molecular weight is 515 g/mol. The van der Waals surface area contributed by atoms with E-state index in [2.05, 4.69) is 57.2 Å². The summed E-state index contributed by atoms with van der Waals surface area (Å²) in [5.41, 5.74) is 15.8. The second-order valence-corrected chi connectivity index (χ2v) is 10.4. The topological polar surface area (TPSA) is 110 Å². The van der Waals surface area contributed by atoms with Crippen molar-refractivity contribution in [1.29, 1.82) is 0 Å². The van der Waals surface area contributed by atoms with E-state index >= 15 is 0 Å². The van der Waals surface area contributed by atoms with E-state index in [-0.39, 0.29) is 24.3 Å². The van der Waals surface area contributed by atoms with Gasteiger partial charge in [-0.1, -0.05) is 34.9 Å². The van der Waals surface area contributed by atoms with E-state index in [1.54, 1.807) is 11.2 Å². The number of nitrogens with zero attached hydrogens (tertiary/aromatic N) is 8. The molecule has 1 aromatic carbocycles. The van der Waals surface area contributed by atoms with Gasteiger partial charge in [0.2, 0.25) is 0 Å². The maximum absolute atomic E-state index is 12.5. The van der Waals surface area contributed by atoms with Gasteiger partial charge < -0.3 is 14.5 Å². The van der Waals surface area contributed by atoms with Crippen LogP contribution in [0, 0.1) is 6.92 Å². The molecule has 1 amide bonds. The lowest BCUT2D eigenvalue weighted by Gasteiger charge is -2.39. The number of benzene rings is 1. The van der Waals surface area contributed by atoms with Gasteiger partial charge in [-0.15, -0.1) is 0 Å². The number of aliphatic imine (C=N–C) groups is 1. The molecular formula is C28H34N8O2. The second-order valence-electron chi connectivity index (χ2n) is 10.4. The minimum atomic E-state index is -0.428. The quantitative estimate of drug-likeness (QED) is 0.331. The Morgan fingerprint density at radius 2 is 2.00 bits per heavy atom. The Bertz CT molecular complexity index is 1310. The number of aryl methyl sites for hydroxylation is 1. The number of aromatic nitrogens is 1. The molecule has 10 nitrogen and oxygen atoms in total. The molecule has 0 N–H and O–H groups in total. The van der Waals surface area contributed by atoms with Crippen molar-refractivity contribution in [2.45, 2.75) is 45.0 Å². The Kier molecular flexibility index (Phi) is 7.35. The first kappa shape index (κ1) is 25.8. The first-order valence-corrected chi connectivity index (χ1v) is 13.1.